The monoisotopic (exact) mass is 688 g/mol. The van der Waals surface area contributed by atoms with Crippen molar-refractivity contribution in [1.82, 2.24) is 0 Å². The molecule has 52 heavy (non-hydrogen) atoms. The van der Waals surface area contributed by atoms with Crippen LogP contribution < -0.4 is 20.0 Å². The van der Waals surface area contributed by atoms with E-state index in [1.54, 1.807) is 0 Å². The highest BCUT2D eigenvalue weighted by Gasteiger charge is 2.41. The van der Waals surface area contributed by atoms with Gasteiger partial charge in [0.2, 0.25) is 0 Å². The molecule has 1 fully saturated rings. The normalized spacial score (nSPS) is 19.4. The lowest BCUT2D eigenvalue weighted by Gasteiger charge is -2.35. The molecule has 0 aliphatic heterocycles. The summed E-state index contributed by atoms with van der Waals surface area (Å²) in [4.78, 5) is 18.0. The summed E-state index contributed by atoms with van der Waals surface area (Å²) in [7, 11) is 3.97. The zero-order valence-electron chi connectivity index (χ0n) is 31.5. The molecule has 6 aromatic carbocycles. The van der Waals surface area contributed by atoms with Gasteiger partial charge in [0.1, 0.15) is 5.78 Å². The molecule has 1 aliphatic rings. The lowest BCUT2D eigenvalue weighted by atomic mass is 9.85. The first-order valence-corrected chi connectivity index (χ1v) is 18.2. The van der Waals surface area contributed by atoms with Gasteiger partial charge in [-0.15, -0.1) is 6.10 Å². The van der Waals surface area contributed by atoms with E-state index in [2.05, 4.69) is 113 Å². The Morgan fingerprint density at radius 2 is 1.04 bits per heavy atom. The van der Waals surface area contributed by atoms with Crippen molar-refractivity contribution in [2.24, 2.45) is 0 Å². The van der Waals surface area contributed by atoms with Gasteiger partial charge in [0.05, 0.1) is 0 Å². The highest BCUT2D eigenvalue weighted by Crippen LogP contribution is 2.45. The summed E-state index contributed by atoms with van der Waals surface area (Å²) in [6.45, 7) is 13.2. The van der Waals surface area contributed by atoms with E-state index in [-0.39, 0.29) is 10.8 Å². The average molecular weight is 689 g/mol. The molecule has 0 amide bonds. The largest absolute Gasteiger partial charge is 0.851 e. The van der Waals surface area contributed by atoms with Crippen LogP contribution in [0.3, 0.4) is 0 Å². The lowest BCUT2D eigenvalue weighted by molar-refractivity contribution is -0.451. The SMILES string of the molecule is CN(C)c1ccc(C2C([O-])C(=O)C(c3ccc(N(c4ccc(C(C)(C)C)cc4)c4ccc(C(C)(C)C)cc4)cc3)C2[O-])c2cc3ccccc3cc12. The summed E-state index contributed by atoms with van der Waals surface area (Å²) in [6, 6.07) is 41.0. The molecule has 0 N–H and O–H groups in total. The maximum Gasteiger partial charge on any atom is 0.126 e. The van der Waals surface area contributed by atoms with E-state index >= 15 is 0 Å². The van der Waals surface area contributed by atoms with Gasteiger partial charge in [-0.05, 0) is 110 Å². The molecule has 6 aromatic rings. The van der Waals surface area contributed by atoms with E-state index in [9.17, 15) is 15.0 Å². The van der Waals surface area contributed by atoms with E-state index in [1.165, 1.54) is 11.1 Å². The first-order chi connectivity index (χ1) is 24.6. The fourth-order valence-corrected chi connectivity index (χ4v) is 7.81. The molecule has 5 heteroatoms. The molecule has 0 bridgehead atoms. The summed E-state index contributed by atoms with van der Waals surface area (Å²) in [5.41, 5.74) is 7.68. The third kappa shape index (κ3) is 6.37. The van der Waals surface area contributed by atoms with E-state index in [0.717, 1.165) is 44.3 Å². The zero-order chi connectivity index (χ0) is 37.1. The fraction of sp³-hybridized carbons (Fsp3) is 0.298. The highest BCUT2D eigenvalue weighted by molar-refractivity contribution is 6.06. The minimum Gasteiger partial charge on any atom is -0.851 e. The smallest absolute Gasteiger partial charge is 0.126 e. The number of carbonyl (C=O) groups excluding carboxylic acids is 1. The van der Waals surface area contributed by atoms with Crippen LogP contribution in [0.15, 0.2) is 121 Å². The third-order valence-electron chi connectivity index (χ3n) is 10.8. The number of fused-ring (bicyclic) bond motifs is 2. The van der Waals surface area contributed by atoms with E-state index in [0.29, 0.717) is 11.1 Å². The van der Waals surface area contributed by atoms with E-state index < -0.39 is 29.8 Å². The topological polar surface area (TPSA) is 69.7 Å². The maximum absolute atomic E-state index is 14.4. The van der Waals surface area contributed by atoms with Gasteiger partial charge in [-0.2, -0.15) is 0 Å². The van der Waals surface area contributed by atoms with Crippen LogP contribution in [0, 0.1) is 0 Å². The Balaban J connectivity index is 1.26. The Morgan fingerprint density at radius 3 is 1.50 bits per heavy atom. The van der Waals surface area contributed by atoms with Gasteiger partial charge < -0.3 is 24.8 Å². The minimum atomic E-state index is -1.65. The van der Waals surface area contributed by atoms with Crippen LogP contribution in [0.25, 0.3) is 21.5 Å². The number of nitrogens with zero attached hydrogens (tertiary/aromatic N) is 2. The van der Waals surface area contributed by atoms with Gasteiger partial charge in [-0.1, -0.05) is 114 Å². The number of ketones is 1. The molecule has 5 nitrogen and oxygen atoms in total. The number of benzene rings is 6. The number of hydrogen-bond acceptors (Lipinski definition) is 5. The predicted octanol–water partition coefficient (Wildman–Crippen LogP) is 9.03. The lowest BCUT2D eigenvalue weighted by Crippen LogP contribution is -2.39. The standard InChI is InChI=1S/C47H48N2O3/c1-46(2,3)32-15-21-35(22-16-32)49(36-23-17-33(18-24-36)47(4,5)6)34-19-13-29(14-20-34)41-43(50)42(45(52)44(41)51)37-25-26-40(48(7)8)39-28-31-12-10-9-11-30(31)27-38(37)39/h9-28,41-43,45H,1-8H3/q-2. The van der Waals surface area contributed by atoms with E-state index in [1.807, 2.05) is 73.6 Å². The van der Waals surface area contributed by atoms with Crippen molar-refractivity contribution in [3.63, 3.8) is 0 Å². The molecular weight excluding hydrogens is 641 g/mol. The number of Topliss-reactive ketones (excluding diaryl/α,β-unsaturated/α-hetero) is 1. The molecule has 266 valence electrons. The van der Waals surface area contributed by atoms with Crippen LogP contribution in [0.1, 0.15) is 75.6 Å². The Labute approximate surface area is 308 Å². The molecule has 1 aliphatic carbocycles. The van der Waals surface area contributed by atoms with Crippen LogP contribution in [0.5, 0.6) is 0 Å². The second-order valence-corrected chi connectivity index (χ2v) is 16.6. The van der Waals surface area contributed by atoms with Gasteiger partial charge in [0, 0.05) is 48.1 Å². The summed E-state index contributed by atoms with van der Waals surface area (Å²) < 4.78 is 0. The molecule has 0 spiro atoms. The Bertz CT molecular complexity index is 2180. The van der Waals surface area contributed by atoms with Crippen molar-refractivity contribution in [3.8, 4) is 0 Å². The molecule has 0 radical (unpaired) electrons. The summed E-state index contributed by atoms with van der Waals surface area (Å²) >= 11 is 0. The highest BCUT2D eigenvalue weighted by atomic mass is 16.3. The van der Waals surface area contributed by atoms with Crippen molar-refractivity contribution < 1.29 is 15.0 Å². The second-order valence-electron chi connectivity index (χ2n) is 16.6. The minimum absolute atomic E-state index is 0.0216. The van der Waals surface area contributed by atoms with Crippen molar-refractivity contribution in [1.29, 1.82) is 0 Å². The van der Waals surface area contributed by atoms with Crippen LogP contribution in [0.4, 0.5) is 22.7 Å². The van der Waals surface area contributed by atoms with Crippen LogP contribution in [-0.4, -0.2) is 32.1 Å². The summed E-state index contributed by atoms with van der Waals surface area (Å²) in [5, 5.41) is 32.2. The maximum atomic E-state index is 14.4. The molecule has 7 rings (SSSR count). The van der Waals surface area contributed by atoms with Crippen molar-refractivity contribution >= 4 is 50.1 Å². The molecule has 0 heterocycles. The second kappa shape index (κ2) is 13.2. The fourth-order valence-electron chi connectivity index (χ4n) is 7.81. The number of carbonyl (C=O) groups is 1. The van der Waals surface area contributed by atoms with Gasteiger partial charge in [0.15, 0.2) is 0 Å². The third-order valence-corrected chi connectivity index (χ3v) is 10.8. The molecular formula is C47H48N2O3-2. The Morgan fingerprint density at radius 1 is 0.577 bits per heavy atom. The first kappa shape index (κ1) is 35.4. The van der Waals surface area contributed by atoms with Crippen LogP contribution in [-0.2, 0) is 15.6 Å². The van der Waals surface area contributed by atoms with Crippen molar-refractivity contribution in [3.05, 3.63) is 144 Å². The zero-order valence-corrected chi connectivity index (χ0v) is 31.5. The summed E-state index contributed by atoms with van der Waals surface area (Å²) in [5.74, 6) is -2.55. The Hall–Kier alpha value is -4.97. The van der Waals surface area contributed by atoms with Crippen LogP contribution in [0.2, 0.25) is 0 Å². The molecule has 4 unspecified atom stereocenters. The summed E-state index contributed by atoms with van der Waals surface area (Å²) in [6.07, 6.45) is -3.06. The number of anilines is 4. The van der Waals surface area contributed by atoms with Crippen molar-refractivity contribution in [2.45, 2.75) is 76.4 Å². The molecule has 1 saturated carbocycles. The van der Waals surface area contributed by atoms with Crippen LogP contribution >= 0.6 is 0 Å². The first-order valence-electron chi connectivity index (χ1n) is 18.2. The van der Waals surface area contributed by atoms with Gasteiger partial charge in [-0.3, -0.25) is 0 Å². The molecule has 4 atom stereocenters. The molecule has 0 aromatic heterocycles. The van der Waals surface area contributed by atoms with Gasteiger partial charge in [0.25, 0.3) is 0 Å². The predicted molar refractivity (Wildman–Crippen MR) is 212 cm³/mol. The Kier molecular flexibility index (Phi) is 9.01. The number of rotatable bonds is 6. The van der Waals surface area contributed by atoms with Crippen molar-refractivity contribution in [2.75, 3.05) is 23.9 Å². The van der Waals surface area contributed by atoms with Gasteiger partial charge in [-0.25, -0.2) is 0 Å². The van der Waals surface area contributed by atoms with Gasteiger partial charge >= 0.3 is 0 Å². The number of hydrogen-bond donors (Lipinski definition) is 0. The average Bonchev–Trinajstić information content (AvgIpc) is 3.33. The molecule has 0 saturated heterocycles. The van der Waals surface area contributed by atoms with E-state index in [4.69, 9.17) is 0 Å². The quantitative estimate of drug-likeness (QED) is 0.163.